The molecular formula is C18H19ClFN3O3. The number of nitrogens with zero attached hydrogens (tertiary/aromatic N) is 2. The Kier molecular flexibility index (Phi) is 5.90. The van der Waals surface area contributed by atoms with Crippen LogP contribution in [-0.4, -0.2) is 37.8 Å². The van der Waals surface area contributed by atoms with Crippen LogP contribution in [0.4, 0.5) is 10.2 Å². The van der Waals surface area contributed by atoms with Gasteiger partial charge in [-0.25, -0.2) is 9.37 Å². The molecule has 1 aromatic heterocycles. The predicted octanol–water partition coefficient (Wildman–Crippen LogP) is 2.54. The lowest BCUT2D eigenvalue weighted by atomic mass is 10.1. The number of benzene rings is 1. The van der Waals surface area contributed by atoms with E-state index >= 15 is 0 Å². The van der Waals surface area contributed by atoms with Gasteiger partial charge in [0.05, 0.1) is 18.2 Å². The Morgan fingerprint density at radius 2 is 2.27 bits per heavy atom. The number of ether oxygens (including phenoxy) is 2. The minimum Gasteiger partial charge on any atom is -0.467 e. The second-order valence-electron chi connectivity index (χ2n) is 5.95. The van der Waals surface area contributed by atoms with Crippen molar-refractivity contribution >= 4 is 23.3 Å². The van der Waals surface area contributed by atoms with Gasteiger partial charge in [0.25, 0.3) is 0 Å². The number of halogens is 2. The monoisotopic (exact) mass is 379 g/mol. The maximum absolute atomic E-state index is 13.7. The Balaban J connectivity index is 1.52. The van der Waals surface area contributed by atoms with Gasteiger partial charge in [0, 0.05) is 25.4 Å². The van der Waals surface area contributed by atoms with Gasteiger partial charge in [-0.3, -0.25) is 4.79 Å². The lowest BCUT2D eigenvalue weighted by Gasteiger charge is -2.21. The van der Waals surface area contributed by atoms with E-state index in [0.717, 1.165) is 5.56 Å². The molecule has 0 unspecified atom stereocenters. The topological polar surface area (TPSA) is 63.7 Å². The minimum absolute atomic E-state index is 0.150. The van der Waals surface area contributed by atoms with E-state index in [0.29, 0.717) is 41.7 Å². The number of hydrogen-bond donors (Lipinski definition) is 1. The standard InChI is InChI=1S/C18H19ClFN3O3/c1-23(16-3-2-14(19)8-22-16)9-17(24)21-5-4-12-6-15(20)7-13-10-25-11-26-18(12)13/h2-3,6-8H,4-5,9-11H2,1H3,(H,21,24). The highest BCUT2D eigenvalue weighted by Crippen LogP contribution is 2.29. The highest BCUT2D eigenvalue weighted by Gasteiger charge is 2.17. The summed E-state index contributed by atoms with van der Waals surface area (Å²) in [4.78, 5) is 18.0. The highest BCUT2D eigenvalue weighted by atomic mass is 35.5. The van der Waals surface area contributed by atoms with Crippen molar-refractivity contribution in [1.29, 1.82) is 0 Å². The Morgan fingerprint density at radius 3 is 3.04 bits per heavy atom. The predicted molar refractivity (Wildman–Crippen MR) is 95.9 cm³/mol. The lowest BCUT2D eigenvalue weighted by molar-refractivity contribution is -0.119. The highest BCUT2D eigenvalue weighted by molar-refractivity contribution is 6.30. The third-order valence-corrected chi connectivity index (χ3v) is 4.18. The molecule has 1 aliphatic heterocycles. The van der Waals surface area contributed by atoms with Gasteiger partial charge < -0.3 is 19.7 Å². The largest absolute Gasteiger partial charge is 0.467 e. The van der Waals surface area contributed by atoms with Crippen molar-refractivity contribution < 1.29 is 18.7 Å². The van der Waals surface area contributed by atoms with E-state index in [1.54, 1.807) is 24.1 Å². The quantitative estimate of drug-likeness (QED) is 0.835. The molecule has 0 saturated heterocycles. The number of likely N-dealkylation sites (N-methyl/N-ethyl adjacent to an activating group) is 1. The minimum atomic E-state index is -0.340. The third kappa shape index (κ3) is 4.62. The molecule has 0 spiro atoms. The van der Waals surface area contributed by atoms with Crippen LogP contribution in [0.25, 0.3) is 0 Å². The third-order valence-electron chi connectivity index (χ3n) is 3.95. The number of anilines is 1. The average molecular weight is 380 g/mol. The van der Waals surface area contributed by atoms with Gasteiger partial charge in [-0.2, -0.15) is 0 Å². The van der Waals surface area contributed by atoms with Gasteiger partial charge in [0.1, 0.15) is 17.4 Å². The summed E-state index contributed by atoms with van der Waals surface area (Å²) in [6.07, 6.45) is 2.00. The number of hydrogen-bond acceptors (Lipinski definition) is 5. The van der Waals surface area contributed by atoms with E-state index in [-0.39, 0.29) is 25.1 Å². The molecule has 0 bridgehead atoms. The van der Waals surface area contributed by atoms with Crippen molar-refractivity contribution in [3.05, 3.63) is 52.4 Å². The van der Waals surface area contributed by atoms with Gasteiger partial charge in [-0.1, -0.05) is 11.6 Å². The van der Waals surface area contributed by atoms with Crippen LogP contribution in [0.5, 0.6) is 5.75 Å². The Morgan fingerprint density at radius 1 is 1.42 bits per heavy atom. The first-order valence-electron chi connectivity index (χ1n) is 8.14. The van der Waals surface area contributed by atoms with Crippen molar-refractivity contribution in [2.75, 3.05) is 31.8 Å². The first kappa shape index (κ1) is 18.4. The summed E-state index contributed by atoms with van der Waals surface area (Å²) >= 11 is 5.81. The summed E-state index contributed by atoms with van der Waals surface area (Å²) in [6.45, 7) is 1.00. The first-order valence-corrected chi connectivity index (χ1v) is 8.52. The van der Waals surface area contributed by atoms with Crippen molar-refractivity contribution in [1.82, 2.24) is 10.3 Å². The molecule has 138 valence electrons. The molecule has 2 aromatic rings. The summed E-state index contributed by atoms with van der Waals surface area (Å²) in [6, 6.07) is 6.30. The number of carbonyl (C=O) groups is 1. The van der Waals surface area contributed by atoms with Crippen molar-refractivity contribution in [2.45, 2.75) is 13.0 Å². The van der Waals surface area contributed by atoms with E-state index in [1.165, 1.54) is 18.3 Å². The van der Waals surface area contributed by atoms with Gasteiger partial charge >= 0.3 is 0 Å². The molecule has 1 aliphatic rings. The van der Waals surface area contributed by atoms with Gasteiger partial charge in [0.15, 0.2) is 6.79 Å². The van der Waals surface area contributed by atoms with Crippen LogP contribution < -0.4 is 15.0 Å². The van der Waals surface area contributed by atoms with Gasteiger partial charge in [-0.05, 0) is 36.2 Å². The summed E-state index contributed by atoms with van der Waals surface area (Å²) in [5.74, 6) is 0.804. The van der Waals surface area contributed by atoms with E-state index in [2.05, 4.69) is 10.3 Å². The maximum Gasteiger partial charge on any atom is 0.239 e. The number of pyridine rings is 1. The van der Waals surface area contributed by atoms with E-state index in [1.807, 2.05) is 0 Å². The van der Waals surface area contributed by atoms with Crippen LogP contribution in [0.1, 0.15) is 11.1 Å². The summed E-state index contributed by atoms with van der Waals surface area (Å²) in [5.41, 5.74) is 1.41. The Labute approximate surface area is 155 Å². The summed E-state index contributed by atoms with van der Waals surface area (Å²) in [5, 5.41) is 3.37. The van der Waals surface area contributed by atoms with Crippen LogP contribution >= 0.6 is 11.6 Å². The average Bonchev–Trinajstić information content (AvgIpc) is 2.62. The summed E-state index contributed by atoms with van der Waals surface area (Å²) < 4.78 is 24.3. The number of fused-ring (bicyclic) bond motifs is 1. The molecule has 3 rings (SSSR count). The molecule has 1 aromatic carbocycles. The molecule has 26 heavy (non-hydrogen) atoms. The van der Waals surface area contributed by atoms with E-state index in [4.69, 9.17) is 21.1 Å². The molecule has 1 N–H and O–H groups in total. The van der Waals surface area contributed by atoms with Crippen LogP contribution in [0.15, 0.2) is 30.5 Å². The fraction of sp³-hybridized carbons (Fsp3) is 0.333. The van der Waals surface area contributed by atoms with Crippen LogP contribution in [0, 0.1) is 5.82 Å². The SMILES string of the molecule is CN(CC(=O)NCCc1cc(F)cc2c1OCOC2)c1ccc(Cl)cn1. The number of nitrogens with one attached hydrogen (secondary N) is 1. The first-order chi connectivity index (χ1) is 12.5. The van der Waals surface area contributed by atoms with E-state index in [9.17, 15) is 9.18 Å². The van der Waals surface area contributed by atoms with Crippen LogP contribution in [0.2, 0.25) is 5.02 Å². The molecule has 0 radical (unpaired) electrons. The lowest BCUT2D eigenvalue weighted by Crippen LogP contribution is -2.36. The fourth-order valence-electron chi connectivity index (χ4n) is 2.73. The maximum atomic E-state index is 13.7. The molecule has 0 aliphatic carbocycles. The van der Waals surface area contributed by atoms with Gasteiger partial charge in [0.2, 0.25) is 5.91 Å². The number of rotatable bonds is 6. The second kappa shape index (κ2) is 8.33. The Hall–Kier alpha value is -2.38. The number of aromatic nitrogens is 1. The zero-order chi connectivity index (χ0) is 18.5. The van der Waals surface area contributed by atoms with Crippen molar-refractivity contribution in [2.24, 2.45) is 0 Å². The zero-order valence-electron chi connectivity index (χ0n) is 14.3. The van der Waals surface area contributed by atoms with Gasteiger partial charge in [-0.15, -0.1) is 0 Å². The fourth-order valence-corrected chi connectivity index (χ4v) is 2.84. The summed E-state index contributed by atoms with van der Waals surface area (Å²) in [7, 11) is 1.77. The molecule has 0 fully saturated rings. The van der Waals surface area contributed by atoms with Crippen LogP contribution in [0.3, 0.4) is 0 Å². The zero-order valence-corrected chi connectivity index (χ0v) is 15.1. The molecule has 1 amide bonds. The van der Waals surface area contributed by atoms with Crippen molar-refractivity contribution in [3.63, 3.8) is 0 Å². The molecule has 6 nitrogen and oxygen atoms in total. The Bertz CT molecular complexity index is 786. The smallest absolute Gasteiger partial charge is 0.239 e. The second-order valence-corrected chi connectivity index (χ2v) is 6.39. The normalized spacial score (nSPS) is 12.9. The molecule has 2 heterocycles. The molecular weight excluding hydrogens is 361 g/mol. The molecule has 0 atom stereocenters. The number of amides is 1. The van der Waals surface area contributed by atoms with E-state index < -0.39 is 0 Å². The number of carbonyl (C=O) groups excluding carboxylic acids is 1. The van der Waals surface area contributed by atoms with Crippen molar-refractivity contribution in [3.8, 4) is 5.75 Å². The molecule has 8 heteroatoms. The van der Waals surface area contributed by atoms with Crippen LogP contribution in [-0.2, 0) is 22.6 Å². The molecule has 0 saturated carbocycles.